The van der Waals surface area contributed by atoms with Crippen molar-refractivity contribution in [1.82, 2.24) is 10.2 Å². The molecule has 1 aliphatic carbocycles. The lowest BCUT2D eigenvalue weighted by atomic mass is 9.64. The number of carbonyl (C=O) groups is 3. The number of hydrogen-bond acceptors (Lipinski definition) is 4. The predicted octanol–water partition coefficient (Wildman–Crippen LogP) is 3.18. The van der Waals surface area contributed by atoms with Gasteiger partial charge in [0.15, 0.2) is 0 Å². The molecule has 6 heteroatoms. The summed E-state index contributed by atoms with van der Waals surface area (Å²) in [4.78, 5) is 38.7. The Kier molecular flexibility index (Phi) is 5.02. The van der Waals surface area contributed by atoms with Crippen molar-refractivity contribution < 1.29 is 19.1 Å². The van der Waals surface area contributed by atoms with Crippen molar-refractivity contribution in [2.75, 3.05) is 6.54 Å². The number of hydrogen-bond donors (Lipinski definition) is 1. The third-order valence-corrected chi connectivity index (χ3v) is 5.56. The van der Waals surface area contributed by atoms with Crippen LogP contribution in [-0.4, -0.2) is 34.9 Å². The van der Waals surface area contributed by atoms with Crippen LogP contribution in [-0.2, 0) is 20.9 Å². The first-order chi connectivity index (χ1) is 12.6. The van der Waals surface area contributed by atoms with Crippen LogP contribution in [0.3, 0.4) is 0 Å². The van der Waals surface area contributed by atoms with Crippen LogP contribution in [0.4, 0.5) is 4.79 Å². The number of amides is 3. The normalized spacial score (nSPS) is 27.0. The van der Waals surface area contributed by atoms with Gasteiger partial charge in [-0.25, -0.2) is 4.79 Å². The van der Waals surface area contributed by atoms with Crippen molar-refractivity contribution in [3.63, 3.8) is 0 Å². The van der Waals surface area contributed by atoms with Gasteiger partial charge in [-0.3, -0.25) is 14.5 Å². The van der Waals surface area contributed by atoms with E-state index >= 15 is 0 Å². The highest BCUT2D eigenvalue weighted by molar-refractivity contribution is 6.08. The van der Waals surface area contributed by atoms with Gasteiger partial charge in [0.1, 0.15) is 18.7 Å². The summed E-state index contributed by atoms with van der Waals surface area (Å²) in [5, 5.41) is 2.87. The Morgan fingerprint density at radius 2 is 1.96 bits per heavy atom. The van der Waals surface area contributed by atoms with E-state index in [1.165, 1.54) is 0 Å². The molecule has 1 spiro atoms. The molecule has 1 saturated heterocycles. The fourth-order valence-corrected chi connectivity index (χ4v) is 4.75. The largest absolute Gasteiger partial charge is 0.459 e. The standard InChI is InChI=1S/C21H28N2O4/c1-14-9-20(3,4)13-21(10-14)18(25)23(19(26)22-21)11-17(24)27-12-16-8-6-5-7-15(16)2/h5-8,14H,9-13H2,1-4H3,(H,22,26)/t14-,21-/m1/s1. The average molecular weight is 372 g/mol. The van der Waals surface area contributed by atoms with E-state index in [1.54, 1.807) is 0 Å². The number of esters is 1. The fraction of sp³-hybridized carbons (Fsp3) is 0.571. The number of urea groups is 1. The second-order valence-electron chi connectivity index (χ2n) is 8.85. The maximum atomic E-state index is 13.0. The van der Waals surface area contributed by atoms with E-state index in [9.17, 15) is 14.4 Å². The molecule has 6 nitrogen and oxygen atoms in total. The van der Waals surface area contributed by atoms with E-state index in [0.717, 1.165) is 22.4 Å². The zero-order chi connectivity index (χ0) is 19.8. The number of imide groups is 1. The van der Waals surface area contributed by atoms with Crippen LogP contribution in [0.5, 0.6) is 0 Å². The van der Waals surface area contributed by atoms with Gasteiger partial charge in [-0.05, 0) is 48.6 Å². The average Bonchev–Trinajstić information content (AvgIpc) is 2.75. The van der Waals surface area contributed by atoms with Crippen LogP contribution >= 0.6 is 0 Å². The minimum Gasteiger partial charge on any atom is -0.459 e. The van der Waals surface area contributed by atoms with Gasteiger partial charge in [0.2, 0.25) is 0 Å². The van der Waals surface area contributed by atoms with E-state index < -0.39 is 17.5 Å². The maximum Gasteiger partial charge on any atom is 0.326 e. The van der Waals surface area contributed by atoms with Gasteiger partial charge in [0.25, 0.3) is 5.91 Å². The highest BCUT2D eigenvalue weighted by Gasteiger charge is 2.56. The van der Waals surface area contributed by atoms with Crippen molar-refractivity contribution in [1.29, 1.82) is 0 Å². The molecule has 27 heavy (non-hydrogen) atoms. The van der Waals surface area contributed by atoms with Gasteiger partial charge >= 0.3 is 12.0 Å². The molecule has 1 saturated carbocycles. The second-order valence-corrected chi connectivity index (χ2v) is 8.85. The molecule has 1 N–H and O–H groups in total. The summed E-state index contributed by atoms with van der Waals surface area (Å²) in [6.45, 7) is 8.04. The monoisotopic (exact) mass is 372 g/mol. The Morgan fingerprint density at radius 1 is 1.26 bits per heavy atom. The van der Waals surface area contributed by atoms with E-state index in [0.29, 0.717) is 18.8 Å². The Balaban J connectivity index is 1.65. The topological polar surface area (TPSA) is 75.7 Å². The summed E-state index contributed by atoms with van der Waals surface area (Å²) >= 11 is 0. The summed E-state index contributed by atoms with van der Waals surface area (Å²) in [5.41, 5.74) is 0.997. The number of nitrogens with one attached hydrogen (secondary N) is 1. The van der Waals surface area contributed by atoms with Gasteiger partial charge in [-0.2, -0.15) is 0 Å². The fourth-order valence-electron chi connectivity index (χ4n) is 4.75. The second kappa shape index (κ2) is 6.98. The third-order valence-electron chi connectivity index (χ3n) is 5.56. The van der Waals surface area contributed by atoms with Gasteiger partial charge in [-0.15, -0.1) is 0 Å². The lowest BCUT2D eigenvalue weighted by Crippen LogP contribution is -2.54. The van der Waals surface area contributed by atoms with Crippen LogP contribution in [0.1, 0.15) is 51.2 Å². The molecule has 146 valence electrons. The molecule has 0 bridgehead atoms. The minimum atomic E-state index is -0.894. The Bertz CT molecular complexity index is 773. The molecular weight excluding hydrogens is 344 g/mol. The predicted molar refractivity (Wildman–Crippen MR) is 101 cm³/mol. The number of aryl methyl sites for hydroxylation is 1. The number of rotatable bonds is 4. The highest BCUT2D eigenvalue weighted by Crippen LogP contribution is 2.46. The van der Waals surface area contributed by atoms with Crippen molar-refractivity contribution >= 4 is 17.9 Å². The summed E-state index contributed by atoms with van der Waals surface area (Å²) < 4.78 is 5.29. The molecule has 0 unspecified atom stereocenters. The quantitative estimate of drug-likeness (QED) is 0.651. The van der Waals surface area contributed by atoms with Gasteiger partial charge in [-0.1, -0.05) is 45.0 Å². The van der Waals surface area contributed by atoms with Crippen molar-refractivity contribution in [3.05, 3.63) is 35.4 Å². The van der Waals surface area contributed by atoms with Crippen molar-refractivity contribution in [3.8, 4) is 0 Å². The third kappa shape index (κ3) is 3.99. The van der Waals surface area contributed by atoms with Crippen LogP contribution in [0.2, 0.25) is 0 Å². The van der Waals surface area contributed by atoms with E-state index in [2.05, 4.69) is 26.1 Å². The molecule has 2 atom stereocenters. The smallest absolute Gasteiger partial charge is 0.326 e. The SMILES string of the molecule is Cc1ccccc1COC(=O)CN1C(=O)N[C@@]2(C[C@H](C)CC(C)(C)C2)C1=O. The van der Waals surface area contributed by atoms with Gasteiger partial charge in [0.05, 0.1) is 0 Å². The van der Waals surface area contributed by atoms with E-state index in [4.69, 9.17) is 4.74 Å². The summed E-state index contributed by atoms with van der Waals surface area (Å²) in [6.07, 6.45) is 2.20. The van der Waals surface area contributed by atoms with Crippen molar-refractivity contribution in [2.45, 2.75) is 59.1 Å². The van der Waals surface area contributed by atoms with E-state index in [1.807, 2.05) is 31.2 Å². The first-order valence-electron chi connectivity index (χ1n) is 9.46. The molecule has 1 aromatic rings. The zero-order valence-corrected chi connectivity index (χ0v) is 16.5. The van der Waals surface area contributed by atoms with Crippen LogP contribution in [0.15, 0.2) is 24.3 Å². The number of carbonyl (C=O) groups excluding carboxylic acids is 3. The molecule has 0 aromatic heterocycles. The molecule has 0 radical (unpaired) electrons. The van der Waals surface area contributed by atoms with Crippen LogP contribution in [0.25, 0.3) is 0 Å². The molecule has 2 fully saturated rings. The minimum absolute atomic E-state index is 0.0397. The summed E-state index contributed by atoms with van der Waals surface area (Å²) in [7, 11) is 0. The number of benzene rings is 1. The lowest BCUT2D eigenvalue weighted by Gasteiger charge is -2.43. The molecule has 1 heterocycles. The van der Waals surface area contributed by atoms with Crippen molar-refractivity contribution in [2.24, 2.45) is 11.3 Å². The molecule has 3 amide bonds. The first-order valence-corrected chi connectivity index (χ1v) is 9.46. The lowest BCUT2D eigenvalue weighted by molar-refractivity contribution is -0.149. The maximum absolute atomic E-state index is 13.0. The Morgan fingerprint density at radius 3 is 2.63 bits per heavy atom. The molecule has 2 aliphatic rings. The van der Waals surface area contributed by atoms with Crippen LogP contribution in [0, 0.1) is 18.3 Å². The summed E-state index contributed by atoms with van der Waals surface area (Å²) in [6, 6.07) is 7.12. The summed E-state index contributed by atoms with van der Waals surface area (Å²) in [5.74, 6) is -0.562. The van der Waals surface area contributed by atoms with Crippen LogP contribution < -0.4 is 5.32 Å². The Labute approximate surface area is 160 Å². The number of nitrogens with zero attached hydrogens (tertiary/aromatic N) is 1. The molecular formula is C21H28N2O4. The Hall–Kier alpha value is -2.37. The van der Waals surface area contributed by atoms with Gasteiger partial charge in [0, 0.05) is 0 Å². The first kappa shape index (κ1) is 19.4. The molecule has 1 aliphatic heterocycles. The molecule has 1 aromatic carbocycles. The molecule has 3 rings (SSSR count). The van der Waals surface area contributed by atoms with E-state index in [-0.39, 0.29) is 24.5 Å². The number of ether oxygens (including phenoxy) is 1. The highest BCUT2D eigenvalue weighted by atomic mass is 16.5. The zero-order valence-electron chi connectivity index (χ0n) is 16.5. The van der Waals surface area contributed by atoms with Gasteiger partial charge < -0.3 is 10.1 Å².